The number of amides is 1. The van der Waals surface area contributed by atoms with E-state index in [2.05, 4.69) is 43.1 Å². The van der Waals surface area contributed by atoms with E-state index in [1.807, 2.05) is 25.7 Å². The molecule has 0 radical (unpaired) electrons. The first-order valence-corrected chi connectivity index (χ1v) is 11.8. The zero-order valence-electron chi connectivity index (χ0n) is 18.8. The molecule has 1 fully saturated rings. The second kappa shape index (κ2) is 8.31. The van der Waals surface area contributed by atoms with Crippen molar-refractivity contribution < 1.29 is 9.53 Å². The first-order valence-electron chi connectivity index (χ1n) is 11.0. The number of fused-ring (bicyclic) bond motifs is 1. The van der Waals surface area contributed by atoms with E-state index in [4.69, 9.17) is 9.72 Å². The largest absolute Gasteiger partial charge is 0.444 e. The highest BCUT2D eigenvalue weighted by Crippen LogP contribution is 2.37. The summed E-state index contributed by atoms with van der Waals surface area (Å²) in [6, 6.07) is 6.58. The normalized spacial score (nSPS) is 23.5. The van der Waals surface area contributed by atoms with Crippen LogP contribution in [0.25, 0.3) is 15.8 Å². The summed E-state index contributed by atoms with van der Waals surface area (Å²) in [6.07, 6.45) is 5.21. The minimum absolute atomic E-state index is 0.0492. The van der Waals surface area contributed by atoms with Crippen molar-refractivity contribution in [1.29, 1.82) is 0 Å². The molecule has 6 heteroatoms. The molecular weight excluding hydrogens is 394 g/mol. The van der Waals surface area contributed by atoms with E-state index in [-0.39, 0.29) is 12.1 Å². The van der Waals surface area contributed by atoms with Crippen LogP contribution in [0.3, 0.4) is 0 Å². The average Bonchev–Trinajstić information content (AvgIpc) is 3.10. The van der Waals surface area contributed by atoms with E-state index in [1.165, 1.54) is 10.3 Å². The van der Waals surface area contributed by atoms with Crippen LogP contribution in [0.2, 0.25) is 0 Å². The molecule has 5 nitrogen and oxygen atoms in total. The van der Waals surface area contributed by atoms with E-state index in [9.17, 15) is 4.79 Å². The van der Waals surface area contributed by atoms with Gasteiger partial charge in [-0.2, -0.15) is 0 Å². The Labute approximate surface area is 183 Å². The van der Waals surface area contributed by atoms with Crippen LogP contribution in [0.5, 0.6) is 0 Å². The molecule has 0 spiro atoms. The van der Waals surface area contributed by atoms with Crippen molar-refractivity contribution in [1.82, 2.24) is 14.8 Å². The Hall–Kier alpha value is -1.92. The lowest BCUT2D eigenvalue weighted by molar-refractivity contribution is 0.00365. The number of likely N-dealkylation sites (tertiary alicyclic amines) is 1. The van der Waals surface area contributed by atoms with Gasteiger partial charge in [-0.25, -0.2) is 9.78 Å². The number of hydrogen-bond acceptors (Lipinski definition) is 5. The Kier molecular flexibility index (Phi) is 5.90. The number of piperidine rings is 1. The third-order valence-corrected chi connectivity index (χ3v) is 7.04. The molecule has 1 saturated heterocycles. The summed E-state index contributed by atoms with van der Waals surface area (Å²) in [7, 11) is 2.15. The molecular formula is C24H33N3O2S. The Bertz CT molecular complexity index is 959. The number of ether oxygens (including phenoxy) is 1. The minimum atomic E-state index is -0.488. The number of carbonyl (C=O) groups is 1. The van der Waals surface area contributed by atoms with Crippen LogP contribution >= 0.6 is 11.3 Å². The molecule has 2 aliphatic heterocycles. The van der Waals surface area contributed by atoms with Crippen molar-refractivity contribution in [2.24, 2.45) is 5.92 Å². The summed E-state index contributed by atoms with van der Waals surface area (Å²) in [5, 5.41) is 1.14. The van der Waals surface area contributed by atoms with Gasteiger partial charge in [0.2, 0.25) is 0 Å². The maximum Gasteiger partial charge on any atom is 0.410 e. The lowest BCUT2D eigenvalue weighted by atomic mass is 9.90. The molecule has 2 aliphatic rings. The van der Waals surface area contributed by atoms with Crippen molar-refractivity contribution in [2.45, 2.75) is 58.6 Å². The standard InChI is InChI=1S/C24H33N3O2S/c1-16-6-8-20(27(15-16)23(28)29-24(2,3)4)18-7-9-21-19(14-18)25-22(30-21)17-10-12-26(5)13-11-17/h7,9-10,14,16,20H,6,8,11-13,15H2,1-5H3. The van der Waals surface area contributed by atoms with E-state index in [0.29, 0.717) is 5.92 Å². The minimum Gasteiger partial charge on any atom is -0.444 e. The molecule has 0 bridgehead atoms. The SMILES string of the molecule is CC1CCC(c2ccc3sc(C4=CCN(C)CC4)nc3c2)N(C(=O)OC(C)(C)C)C1. The highest BCUT2D eigenvalue weighted by Gasteiger charge is 2.34. The van der Waals surface area contributed by atoms with Gasteiger partial charge in [-0.15, -0.1) is 11.3 Å². The predicted molar refractivity (Wildman–Crippen MR) is 124 cm³/mol. The van der Waals surface area contributed by atoms with Crippen LogP contribution < -0.4 is 0 Å². The maximum atomic E-state index is 12.9. The summed E-state index contributed by atoms with van der Waals surface area (Å²) in [6.45, 7) is 10.8. The summed E-state index contributed by atoms with van der Waals surface area (Å²) in [4.78, 5) is 22.1. The smallest absolute Gasteiger partial charge is 0.410 e. The number of benzene rings is 1. The van der Waals surface area contributed by atoms with Gasteiger partial charge in [0.15, 0.2) is 0 Å². The van der Waals surface area contributed by atoms with Gasteiger partial charge >= 0.3 is 6.09 Å². The number of rotatable bonds is 2. The van der Waals surface area contributed by atoms with E-state index in [0.717, 1.165) is 55.0 Å². The second-order valence-electron chi connectivity index (χ2n) is 9.82. The molecule has 0 aliphatic carbocycles. The van der Waals surface area contributed by atoms with E-state index in [1.54, 1.807) is 11.3 Å². The topological polar surface area (TPSA) is 45.7 Å². The van der Waals surface area contributed by atoms with Crippen molar-refractivity contribution in [3.8, 4) is 0 Å². The lowest BCUT2D eigenvalue weighted by Crippen LogP contribution is -2.44. The molecule has 0 saturated carbocycles. The number of thiazole rings is 1. The van der Waals surface area contributed by atoms with Gasteiger partial charge in [0.25, 0.3) is 0 Å². The number of likely N-dealkylation sites (N-methyl/N-ethyl adjacent to an activating group) is 1. The highest BCUT2D eigenvalue weighted by atomic mass is 32.1. The molecule has 0 N–H and O–H groups in total. The number of nitrogens with zero attached hydrogens (tertiary/aromatic N) is 3. The third kappa shape index (κ3) is 4.70. The third-order valence-electron chi connectivity index (χ3n) is 5.93. The fraction of sp³-hybridized carbons (Fsp3) is 0.583. The Morgan fingerprint density at radius 3 is 2.77 bits per heavy atom. The zero-order valence-corrected chi connectivity index (χ0v) is 19.6. The molecule has 1 aromatic carbocycles. The fourth-order valence-electron chi connectivity index (χ4n) is 4.28. The molecule has 2 aromatic rings. The molecule has 2 unspecified atom stereocenters. The Morgan fingerprint density at radius 2 is 2.07 bits per heavy atom. The van der Waals surface area contributed by atoms with Crippen LogP contribution in [0.4, 0.5) is 4.79 Å². The maximum absolute atomic E-state index is 12.9. The predicted octanol–water partition coefficient (Wildman–Crippen LogP) is 5.72. The van der Waals surface area contributed by atoms with Crippen LogP contribution in [0, 0.1) is 5.92 Å². The lowest BCUT2D eigenvalue weighted by Gasteiger charge is -2.39. The van der Waals surface area contributed by atoms with Crippen LogP contribution in [-0.2, 0) is 4.74 Å². The average molecular weight is 428 g/mol. The van der Waals surface area contributed by atoms with Crippen molar-refractivity contribution in [3.05, 3.63) is 34.8 Å². The molecule has 1 amide bonds. The number of hydrogen-bond donors (Lipinski definition) is 0. The van der Waals surface area contributed by atoms with Gasteiger partial charge in [-0.1, -0.05) is 19.1 Å². The molecule has 30 heavy (non-hydrogen) atoms. The van der Waals surface area contributed by atoms with Crippen LogP contribution in [0.1, 0.15) is 63.6 Å². The van der Waals surface area contributed by atoms with Crippen LogP contribution in [-0.4, -0.2) is 53.2 Å². The molecule has 3 heterocycles. The van der Waals surface area contributed by atoms with Gasteiger partial charge < -0.3 is 14.5 Å². The highest BCUT2D eigenvalue weighted by molar-refractivity contribution is 7.19. The Morgan fingerprint density at radius 1 is 1.27 bits per heavy atom. The van der Waals surface area contributed by atoms with Crippen molar-refractivity contribution in [3.63, 3.8) is 0 Å². The van der Waals surface area contributed by atoms with E-state index < -0.39 is 5.60 Å². The van der Waals surface area contributed by atoms with Crippen molar-refractivity contribution >= 4 is 33.2 Å². The van der Waals surface area contributed by atoms with Gasteiger partial charge in [0.1, 0.15) is 10.6 Å². The monoisotopic (exact) mass is 427 g/mol. The number of carbonyl (C=O) groups excluding carboxylic acids is 1. The first kappa shape index (κ1) is 21.3. The molecule has 4 rings (SSSR count). The van der Waals surface area contributed by atoms with Gasteiger partial charge in [-0.3, -0.25) is 0 Å². The summed E-state index contributed by atoms with van der Waals surface area (Å²) >= 11 is 1.77. The van der Waals surface area contributed by atoms with Crippen LogP contribution in [0.15, 0.2) is 24.3 Å². The molecule has 2 atom stereocenters. The van der Waals surface area contributed by atoms with E-state index >= 15 is 0 Å². The number of aromatic nitrogens is 1. The van der Waals surface area contributed by atoms with Gasteiger partial charge in [0, 0.05) is 19.6 Å². The summed E-state index contributed by atoms with van der Waals surface area (Å²) in [5.74, 6) is 0.486. The molecule has 1 aromatic heterocycles. The first-order chi connectivity index (χ1) is 14.2. The summed E-state index contributed by atoms with van der Waals surface area (Å²) in [5.41, 5.74) is 3.07. The van der Waals surface area contributed by atoms with Gasteiger partial charge in [-0.05, 0) is 76.3 Å². The molecule has 162 valence electrons. The van der Waals surface area contributed by atoms with Crippen molar-refractivity contribution in [2.75, 3.05) is 26.7 Å². The summed E-state index contributed by atoms with van der Waals surface area (Å²) < 4.78 is 6.93. The fourth-order valence-corrected chi connectivity index (χ4v) is 5.29. The van der Waals surface area contributed by atoms with Gasteiger partial charge in [0.05, 0.1) is 16.3 Å². The second-order valence-corrected chi connectivity index (χ2v) is 10.8. The zero-order chi connectivity index (χ0) is 21.5. The quantitative estimate of drug-likeness (QED) is 0.615. The Balaban J connectivity index is 1.61.